The fraction of sp³-hybridized carbons (Fsp3) is 0.667. The van der Waals surface area contributed by atoms with Crippen molar-refractivity contribution in [1.29, 1.82) is 0 Å². The zero-order valence-electron chi connectivity index (χ0n) is 16.1. The lowest BCUT2D eigenvalue weighted by Crippen LogP contribution is -2.17. The average Bonchev–Trinajstić information content (AvgIpc) is 2.69. The minimum absolute atomic E-state index is 0.0105. The standard InChI is InChI=1S/C24H35FO/c1-2-18-3-5-19(6-4-18)7-8-20-9-11-21(12-10-20)23-14-13-22(15-16-26)24(25)17-23/h2,13-14,17-21,26H,1,3-12,15-16H2. The van der Waals surface area contributed by atoms with Gasteiger partial charge < -0.3 is 5.11 Å². The summed E-state index contributed by atoms with van der Waals surface area (Å²) in [6, 6.07) is 5.66. The van der Waals surface area contributed by atoms with Gasteiger partial charge in [0, 0.05) is 6.61 Å². The zero-order valence-corrected chi connectivity index (χ0v) is 16.1. The second kappa shape index (κ2) is 9.69. The van der Waals surface area contributed by atoms with Crippen LogP contribution in [-0.4, -0.2) is 11.7 Å². The molecule has 26 heavy (non-hydrogen) atoms. The Bertz CT molecular complexity index is 566. The van der Waals surface area contributed by atoms with Gasteiger partial charge in [0.15, 0.2) is 0 Å². The van der Waals surface area contributed by atoms with Crippen LogP contribution in [0, 0.1) is 23.6 Å². The molecule has 1 nitrogen and oxygen atoms in total. The lowest BCUT2D eigenvalue weighted by atomic mass is 9.74. The predicted octanol–water partition coefficient (Wildman–Crippen LogP) is 6.41. The highest BCUT2D eigenvalue weighted by Crippen LogP contribution is 2.40. The molecule has 0 atom stereocenters. The summed E-state index contributed by atoms with van der Waals surface area (Å²) in [6.45, 7) is 3.96. The number of hydrogen-bond donors (Lipinski definition) is 1. The second-order valence-electron chi connectivity index (χ2n) is 8.64. The fourth-order valence-electron chi connectivity index (χ4n) is 5.11. The molecule has 144 valence electrons. The molecule has 0 unspecified atom stereocenters. The SMILES string of the molecule is C=CC1CCC(CCC2CCC(c3ccc(CCO)c(F)c3)CC2)CC1. The summed E-state index contributed by atoms with van der Waals surface area (Å²) in [5, 5.41) is 8.99. The molecule has 0 bridgehead atoms. The Kier molecular flexibility index (Phi) is 7.31. The van der Waals surface area contributed by atoms with E-state index in [1.54, 1.807) is 6.07 Å². The van der Waals surface area contributed by atoms with Crippen molar-refractivity contribution in [1.82, 2.24) is 0 Å². The molecule has 0 saturated heterocycles. The van der Waals surface area contributed by atoms with Gasteiger partial charge in [-0.05, 0) is 98.7 Å². The van der Waals surface area contributed by atoms with Gasteiger partial charge in [0.1, 0.15) is 5.82 Å². The summed E-state index contributed by atoms with van der Waals surface area (Å²) in [7, 11) is 0. The summed E-state index contributed by atoms with van der Waals surface area (Å²) in [6.07, 6.45) is 15.8. The molecule has 3 rings (SSSR count). The van der Waals surface area contributed by atoms with Crippen molar-refractivity contribution in [3.8, 4) is 0 Å². The third-order valence-electron chi connectivity index (χ3n) is 6.98. The summed E-state index contributed by atoms with van der Waals surface area (Å²) >= 11 is 0. The van der Waals surface area contributed by atoms with Gasteiger partial charge >= 0.3 is 0 Å². The zero-order chi connectivity index (χ0) is 18.4. The van der Waals surface area contributed by atoms with Gasteiger partial charge in [-0.2, -0.15) is 0 Å². The van der Waals surface area contributed by atoms with Crippen molar-refractivity contribution >= 4 is 0 Å². The number of allylic oxidation sites excluding steroid dienone is 1. The maximum Gasteiger partial charge on any atom is 0.126 e. The molecule has 2 aliphatic carbocycles. The Hall–Kier alpha value is -1.15. The van der Waals surface area contributed by atoms with Crippen molar-refractivity contribution < 1.29 is 9.50 Å². The lowest BCUT2D eigenvalue weighted by Gasteiger charge is -2.31. The molecule has 0 amide bonds. The first kappa shape index (κ1) is 19.6. The third-order valence-corrected chi connectivity index (χ3v) is 6.98. The number of benzene rings is 1. The minimum Gasteiger partial charge on any atom is -0.396 e. The smallest absolute Gasteiger partial charge is 0.126 e. The monoisotopic (exact) mass is 358 g/mol. The Labute approximate surface area is 158 Å². The van der Waals surface area contributed by atoms with Crippen LogP contribution >= 0.6 is 0 Å². The molecule has 0 spiro atoms. The van der Waals surface area contributed by atoms with Crippen LogP contribution in [0.1, 0.15) is 81.3 Å². The van der Waals surface area contributed by atoms with E-state index in [1.807, 2.05) is 6.07 Å². The van der Waals surface area contributed by atoms with Crippen LogP contribution in [0.4, 0.5) is 4.39 Å². The van der Waals surface area contributed by atoms with Gasteiger partial charge in [-0.25, -0.2) is 4.39 Å². The van der Waals surface area contributed by atoms with Crippen molar-refractivity contribution in [2.75, 3.05) is 6.61 Å². The molecule has 1 N–H and O–H groups in total. The Morgan fingerprint density at radius 3 is 2.12 bits per heavy atom. The number of rotatable bonds is 7. The van der Waals surface area contributed by atoms with Gasteiger partial charge in [-0.15, -0.1) is 6.58 Å². The molecule has 0 aromatic heterocycles. The molecule has 0 radical (unpaired) electrons. The first-order valence-corrected chi connectivity index (χ1v) is 10.7. The van der Waals surface area contributed by atoms with E-state index in [0.717, 1.165) is 23.3 Å². The van der Waals surface area contributed by atoms with E-state index in [2.05, 4.69) is 18.7 Å². The van der Waals surface area contributed by atoms with E-state index in [9.17, 15) is 4.39 Å². The van der Waals surface area contributed by atoms with Gasteiger partial charge in [-0.3, -0.25) is 0 Å². The predicted molar refractivity (Wildman–Crippen MR) is 107 cm³/mol. The van der Waals surface area contributed by atoms with E-state index in [0.29, 0.717) is 17.9 Å². The number of halogens is 1. The Balaban J connectivity index is 1.41. The van der Waals surface area contributed by atoms with Crippen LogP contribution in [0.2, 0.25) is 0 Å². The Morgan fingerprint density at radius 1 is 0.962 bits per heavy atom. The van der Waals surface area contributed by atoms with Gasteiger partial charge in [0.25, 0.3) is 0 Å². The van der Waals surface area contributed by atoms with Crippen LogP contribution in [-0.2, 0) is 6.42 Å². The summed E-state index contributed by atoms with van der Waals surface area (Å²) in [4.78, 5) is 0. The summed E-state index contributed by atoms with van der Waals surface area (Å²) in [5.74, 6) is 2.96. The molecule has 2 aliphatic rings. The fourth-order valence-corrected chi connectivity index (χ4v) is 5.11. The lowest BCUT2D eigenvalue weighted by molar-refractivity contribution is 0.246. The molecule has 2 saturated carbocycles. The topological polar surface area (TPSA) is 20.2 Å². The van der Waals surface area contributed by atoms with Crippen molar-refractivity contribution in [2.24, 2.45) is 17.8 Å². The molecule has 1 aromatic carbocycles. The van der Waals surface area contributed by atoms with E-state index in [1.165, 1.54) is 64.2 Å². The largest absolute Gasteiger partial charge is 0.396 e. The number of hydrogen-bond acceptors (Lipinski definition) is 1. The minimum atomic E-state index is -0.145. The molecular weight excluding hydrogens is 323 g/mol. The summed E-state index contributed by atoms with van der Waals surface area (Å²) < 4.78 is 14.1. The third kappa shape index (κ3) is 5.19. The van der Waals surface area contributed by atoms with Crippen molar-refractivity contribution in [3.05, 3.63) is 47.8 Å². The molecule has 0 aliphatic heterocycles. The molecule has 1 aromatic rings. The number of aliphatic hydroxyl groups excluding tert-OH is 1. The van der Waals surface area contributed by atoms with Gasteiger partial charge in [0.05, 0.1) is 0 Å². The van der Waals surface area contributed by atoms with E-state index in [4.69, 9.17) is 5.11 Å². The first-order chi connectivity index (χ1) is 12.7. The van der Waals surface area contributed by atoms with Crippen LogP contribution in [0.3, 0.4) is 0 Å². The molecule has 2 fully saturated rings. The van der Waals surface area contributed by atoms with E-state index in [-0.39, 0.29) is 12.4 Å². The van der Waals surface area contributed by atoms with E-state index < -0.39 is 0 Å². The highest BCUT2D eigenvalue weighted by molar-refractivity contribution is 5.27. The number of aliphatic hydroxyl groups is 1. The quantitative estimate of drug-likeness (QED) is 0.559. The summed E-state index contributed by atoms with van der Waals surface area (Å²) in [5.41, 5.74) is 1.79. The molecule has 2 heteroatoms. The van der Waals surface area contributed by atoms with Gasteiger partial charge in [-0.1, -0.05) is 31.1 Å². The second-order valence-corrected chi connectivity index (χ2v) is 8.64. The van der Waals surface area contributed by atoms with Crippen molar-refractivity contribution in [3.63, 3.8) is 0 Å². The Morgan fingerprint density at radius 2 is 1.58 bits per heavy atom. The maximum atomic E-state index is 14.1. The normalized spacial score (nSPS) is 29.5. The first-order valence-electron chi connectivity index (χ1n) is 10.7. The van der Waals surface area contributed by atoms with Crippen LogP contribution < -0.4 is 0 Å². The highest BCUT2D eigenvalue weighted by atomic mass is 19.1. The maximum absolute atomic E-state index is 14.1. The van der Waals surface area contributed by atoms with Crippen molar-refractivity contribution in [2.45, 2.75) is 76.5 Å². The van der Waals surface area contributed by atoms with Crippen LogP contribution in [0.25, 0.3) is 0 Å². The molecular formula is C24H35FO. The average molecular weight is 359 g/mol. The van der Waals surface area contributed by atoms with Crippen LogP contribution in [0.15, 0.2) is 30.9 Å². The van der Waals surface area contributed by atoms with Crippen LogP contribution in [0.5, 0.6) is 0 Å². The van der Waals surface area contributed by atoms with Gasteiger partial charge in [0.2, 0.25) is 0 Å². The highest BCUT2D eigenvalue weighted by Gasteiger charge is 2.25. The molecule has 0 heterocycles. The van der Waals surface area contributed by atoms with E-state index >= 15 is 0 Å².